The van der Waals surface area contributed by atoms with Crippen molar-refractivity contribution in [3.63, 3.8) is 0 Å². The van der Waals surface area contributed by atoms with Gasteiger partial charge in [-0.25, -0.2) is 9.59 Å². The first kappa shape index (κ1) is 21.5. The topological polar surface area (TPSA) is 76.7 Å². The standard InChI is InChI=1S/C25H22N2O4/c1-30-23-13-11-20(12-14-23)17-26-25(29)27-22-8-4-6-19(16-22)10-9-18-5-3-7-21(15-18)24(28)31-2/h3-8,11-16H,17H2,1-2H3,(H2,26,27,29). The number of anilines is 1. The molecule has 0 aliphatic rings. The fraction of sp³-hybridized carbons (Fsp3) is 0.120. The lowest BCUT2D eigenvalue weighted by Gasteiger charge is -2.08. The van der Waals surface area contributed by atoms with Crippen molar-refractivity contribution in [3.8, 4) is 17.6 Å². The number of esters is 1. The van der Waals surface area contributed by atoms with Crippen LogP contribution in [0.25, 0.3) is 0 Å². The summed E-state index contributed by atoms with van der Waals surface area (Å²) in [6.07, 6.45) is 0. The number of benzene rings is 3. The molecule has 0 spiro atoms. The lowest BCUT2D eigenvalue weighted by atomic mass is 10.1. The monoisotopic (exact) mass is 414 g/mol. The largest absolute Gasteiger partial charge is 0.497 e. The van der Waals surface area contributed by atoms with Crippen LogP contribution in [0.4, 0.5) is 10.5 Å². The van der Waals surface area contributed by atoms with Gasteiger partial charge in [-0.1, -0.05) is 36.1 Å². The minimum atomic E-state index is -0.407. The number of carbonyl (C=O) groups excluding carboxylic acids is 2. The highest BCUT2D eigenvalue weighted by Gasteiger charge is 2.05. The predicted octanol–water partition coefficient (Wildman–Crippen LogP) is 4.20. The van der Waals surface area contributed by atoms with Crippen LogP contribution in [0.2, 0.25) is 0 Å². The minimum absolute atomic E-state index is 0.313. The highest BCUT2D eigenvalue weighted by Crippen LogP contribution is 2.12. The molecule has 0 atom stereocenters. The smallest absolute Gasteiger partial charge is 0.337 e. The Kier molecular flexibility index (Phi) is 7.28. The zero-order chi connectivity index (χ0) is 22.1. The van der Waals surface area contributed by atoms with Crippen LogP contribution in [0.1, 0.15) is 27.0 Å². The van der Waals surface area contributed by atoms with Crippen LogP contribution in [0, 0.1) is 11.8 Å². The molecule has 0 aliphatic heterocycles. The van der Waals surface area contributed by atoms with E-state index in [9.17, 15) is 9.59 Å². The van der Waals surface area contributed by atoms with E-state index in [1.54, 1.807) is 37.4 Å². The normalized spacial score (nSPS) is 9.74. The van der Waals surface area contributed by atoms with E-state index in [1.165, 1.54) is 7.11 Å². The van der Waals surface area contributed by atoms with Gasteiger partial charge in [0.1, 0.15) is 5.75 Å². The van der Waals surface area contributed by atoms with E-state index in [-0.39, 0.29) is 6.03 Å². The SMILES string of the molecule is COC(=O)c1cccc(C#Cc2cccc(NC(=O)NCc3ccc(OC)cc3)c2)c1. The molecular formula is C25H22N2O4. The first-order valence-electron chi connectivity index (χ1n) is 9.55. The van der Waals surface area contributed by atoms with Gasteiger partial charge in [-0.15, -0.1) is 0 Å². The summed E-state index contributed by atoms with van der Waals surface area (Å²) >= 11 is 0. The summed E-state index contributed by atoms with van der Waals surface area (Å²) in [7, 11) is 2.95. The molecule has 0 heterocycles. The van der Waals surface area contributed by atoms with Crippen molar-refractivity contribution in [2.45, 2.75) is 6.54 Å². The van der Waals surface area contributed by atoms with Gasteiger partial charge in [0, 0.05) is 23.4 Å². The van der Waals surface area contributed by atoms with E-state index in [4.69, 9.17) is 9.47 Å². The molecule has 0 unspecified atom stereocenters. The Bertz CT molecular complexity index is 1130. The van der Waals surface area contributed by atoms with Gasteiger partial charge in [0.25, 0.3) is 0 Å². The van der Waals surface area contributed by atoms with E-state index in [2.05, 4.69) is 22.5 Å². The molecule has 2 N–H and O–H groups in total. The molecule has 156 valence electrons. The minimum Gasteiger partial charge on any atom is -0.497 e. The second-order valence-electron chi connectivity index (χ2n) is 6.56. The van der Waals surface area contributed by atoms with Crippen LogP contribution < -0.4 is 15.4 Å². The second-order valence-corrected chi connectivity index (χ2v) is 6.56. The van der Waals surface area contributed by atoms with Crippen LogP contribution in [-0.4, -0.2) is 26.2 Å². The number of amides is 2. The van der Waals surface area contributed by atoms with Crippen LogP contribution >= 0.6 is 0 Å². The van der Waals surface area contributed by atoms with E-state index in [0.717, 1.165) is 16.9 Å². The average Bonchev–Trinajstić information content (AvgIpc) is 2.81. The van der Waals surface area contributed by atoms with Crippen molar-refractivity contribution in [3.05, 3.63) is 95.1 Å². The zero-order valence-corrected chi connectivity index (χ0v) is 17.3. The summed E-state index contributed by atoms with van der Waals surface area (Å²) in [6, 6.07) is 21.3. The molecule has 0 bridgehead atoms. The van der Waals surface area contributed by atoms with E-state index < -0.39 is 5.97 Å². The Morgan fingerprint density at radius 2 is 1.55 bits per heavy atom. The molecule has 0 saturated carbocycles. The molecule has 0 radical (unpaired) electrons. The summed E-state index contributed by atoms with van der Waals surface area (Å²) in [5, 5.41) is 5.62. The summed E-state index contributed by atoms with van der Waals surface area (Å²) in [5.74, 6) is 6.42. The number of methoxy groups -OCH3 is 2. The number of ether oxygens (including phenoxy) is 2. The van der Waals surface area contributed by atoms with Crippen molar-refractivity contribution in [1.82, 2.24) is 5.32 Å². The highest BCUT2D eigenvalue weighted by atomic mass is 16.5. The average molecular weight is 414 g/mol. The number of carbonyl (C=O) groups is 2. The first-order chi connectivity index (χ1) is 15.1. The summed E-state index contributed by atoms with van der Waals surface area (Å²) < 4.78 is 9.85. The van der Waals surface area contributed by atoms with Crippen LogP contribution in [0.3, 0.4) is 0 Å². The lowest BCUT2D eigenvalue weighted by molar-refractivity contribution is 0.0600. The number of nitrogens with one attached hydrogen (secondary N) is 2. The maximum absolute atomic E-state index is 12.2. The van der Waals surface area contributed by atoms with Gasteiger partial charge < -0.3 is 20.1 Å². The van der Waals surface area contributed by atoms with Gasteiger partial charge in [-0.2, -0.15) is 0 Å². The molecule has 0 aromatic heterocycles. The van der Waals surface area contributed by atoms with Crippen LogP contribution in [0.15, 0.2) is 72.8 Å². The second kappa shape index (κ2) is 10.5. The predicted molar refractivity (Wildman–Crippen MR) is 119 cm³/mol. The quantitative estimate of drug-likeness (QED) is 0.485. The van der Waals surface area contributed by atoms with Crippen LogP contribution in [0.5, 0.6) is 5.75 Å². The highest BCUT2D eigenvalue weighted by molar-refractivity contribution is 5.90. The van der Waals surface area contributed by atoms with Gasteiger partial charge in [0.2, 0.25) is 0 Å². The Labute approximate surface area is 181 Å². The molecule has 6 heteroatoms. The Hall–Kier alpha value is -4.24. The fourth-order valence-corrected chi connectivity index (χ4v) is 2.76. The molecule has 3 rings (SSSR count). The molecule has 2 amide bonds. The molecule has 0 saturated heterocycles. The van der Waals surface area contributed by atoms with Gasteiger partial charge in [0.05, 0.1) is 19.8 Å². The van der Waals surface area contributed by atoms with Gasteiger partial charge in [-0.3, -0.25) is 0 Å². The lowest BCUT2D eigenvalue weighted by Crippen LogP contribution is -2.28. The summed E-state index contributed by atoms with van der Waals surface area (Å²) in [5.41, 5.74) is 3.46. The van der Waals surface area contributed by atoms with Gasteiger partial charge >= 0.3 is 12.0 Å². The van der Waals surface area contributed by atoms with E-state index >= 15 is 0 Å². The number of hydrogen-bond donors (Lipinski definition) is 2. The van der Waals surface area contributed by atoms with E-state index in [1.807, 2.05) is 42.5 Å². The first-order valence-corrected chi connectivity index (χ1v) is 9.55. The van der Waals surface area contributed by atoms with Crippen molar-refractivity contribution in [2.75, 3.05) is 19.5 Å². The number of hydrogen-bond acceptors (Lipinski definition) is 4. The third-order valence-corrected chi connectivity index (χ3v) is 4.37. The van der Waals surface area contributed by atoms with Gasteiger partial charge in [0.15, 0.2) is 0 Å². The summed E-state index contributed by atoms with van der Waals surface area (Å²) in [4.78, 5) is 23.8. The zero-order valence-electron chi connectivity index (χ0n) is 17.3. The van der Waals surface area contributed by atoms with Gasteiger partial charge in [-0.05, 0) is 54.1 Å². The van der Waals surface area contributed by atoms with Crippen molar-refractivity contribution in [2.24, 2.45) is 0 Å². The molecule has 0 aliphatic carbocycles. The van der Waals surface area contributed by atoms with Crippen molar-refractivity contribution >= 4 is 17.7 Å². The van der Waals surface area contributed by atoms with Crippen LogP contribution in [-0.2, 0) is 11.3 Å². The Morgan fingerprint density at radius 1 is 0.871 bits per heavy atom. The van der Waals surface area contributed by atoms with Crippen molar-refractivity contribution in [1.29, 1.82) is 0 Å². The van der Waals surface area contributed by atoms with E-state index in [0.29, 0.717) is 23.4 Å². The Balaban J connectivity index is 1.61. The molecule has 0 fully saturated rings. The Morgan fingerprint density at radius 3 is 2.23 bits per heavy atom. The maximum Gasteiger partial charge on any atom is 0.337 e. The third-order valence-electron chi connectivity index (χ3n) is 4.37. The number of urea groups is 1. The molecule has 3 aromatic rings. The summed E-state index contributed by atoms with van der Waals surface area (Å²) in [6.45, 7) is 0.395. The molecule has 6 nitrogen and oxygen atoms in total. The molecule has 31 heavy (non-hydrogen) atoms. The fourth-order valence-electron chi connectivity index (χ4n) is 2.76. The molecular weight excluding hydrogens is 392 g/mol. The van der Waals surface area contributed by atoms with Crippen molar-refractivity contribution < 1.29 is 19.1 Å². The third kappa shape index (κ3) is 6.38. The maximum atomic E-state index is 12.2. The molecule has 3 aromatic carbocycles. The number of rotatable bonds is 5.